The highest BCUT2D eigenvalue weighted by Gasteiger charge is 2.35. The Labute approximate surface area is 160 Å². The van der Waals surface area contributed by atoms with Crippen LogP contribution in [0.4, 0.5) is 5.69 Å². The summed E-state index contributed by atoms with van der Waals surface area (Å²) in [5, 5.41) is 8.05. The number of nitrogen functional groups attached to an aromatic ring is 1. The summed E-state index contributed by atoms with van der Waals surface area (Å²) in [6.45, 7) is 0. The van der Waals surface area contributed by atoms with Gasteiger partial charge in [0, 0.05) is 22.4 Å². The largest absolute Gasteiger partial charge is 0.398 e. The van der Waals surface area contributed by atoms with E-state index in [-0.39, 0.29) is 23.0 Å². The number of rotatable bonds is 2. The molecule has 28 heavy (non-hydrogen) atoms. The molecule has 2 N–H and O–H groups in total. The smallest absolute Gasteiger partial charge is 0.216 e. The number of fused-ring (bicyclic) bond motifs is 2. The Bertz CT molecular complexity index is 1260. The number of ketones is 2. The number of carbonyl (C=O) groups is 2. The summed E-state index contributed by atoms with van der Waals surface area (Å²) in [4.78, 5) is 25.7. The maximum absolute atomic E-state index is 13.0. The van der Waals surface area contributed by atoms with Crippen LogP contribution in [0.15, 0.2) is 72.8 Å². The van der Waals surface area contributed by atoms with Crippen molar-refractivity contribution in [3.8, 4) is 16.8 Å². The molecule has 6 nitrogen and oxygen atoms in total. The van der Waals surface area contributed by atoms with Gasteiger partial charge in [0.25, 0.3) is 0 Å². The van der Waals surface area contributed by atoms with E-state index in [9.17, 15) is 9.59 Å². The average molecular weight is 366 g/mol. The number of hydrogen-bond donors (Lipinski definition) is 1. The molecule has 134 valence electrons. The quantitative estimate of drug-likeness (QED) is 0.484. The molecule has 0 spiro atoms. The number of benzene rings is 3. The Balaban J connectivity index is 1.59. The van der Waals surface area contributed by atoms with Gasteiger partial charge >= 0.3 is 0 Å². The van der Waals surface area contributed by atoms with Crippen molar-refractivity contribution in [2.24, 2.45) is 0 Å². The van der Waals surface area contributed by atoms with Crippen LogP contribution < -0.4 is 5.73 Å². The minimum absolute atomic E-state index is 0.0834. The molecule has 1 aliphatic rings. The lowest BCUT2D eigenvalue weighted by molar-refractivity contribution is 0.0972. The molecule has 5 rings (SSSR count). The number of carbonyl (C=O) groups excluding carboxylic acids is 2. The van der Waals surface area contributed by atoms with Crippen molar-refractivity contribution >= 4 is 17.3 Å². The second kappa shape index (κ2) is 5.99. The summed E-state index contributed by atoms with van der Waals surface area (Å²) in [6, 6.07) is 21.8. The maximum Gasteiger partial charge on any atom is 0.216 e. The molecule has 1 heterocycles. The van der Waals surface area contributed by atoms with Crippen molar-refractivity contribution in [3.63, 3.8) is 0 Å². The second-order valence-corrected chi connectivity index (χ2v) is 6.54. The zero-order valence-corrected chi connectivity index (χ0v) is 14.7. The lowest BCUT2D eigenvalue weighted by Gasteiger charge is -2.14. The van der Waals surface area contributed by atoms with Crippen LogP contribution in [0.3, 0.4) is 0 Å². The zero-order chi connectivity index (χ0) is 19.3. The topological polar surface area (TPSA) is 90.9 Å². The summed E-state index contributed by atoms with van der Waals surface area (Å²) in [5.41, 5.74) is 10.3. The highest BCUT2D eigenvalue weighted by molar-refractivity contribution is 6.27. The standard InChI is InChI=1S/C22H14N4O2/c23-18-8-4-3-5-15(18)13-9-11-14(12-10-13)26-20-19(24-25-26)21(27)16-6-1-2-7-17(16)22(20)28/h1-12H,23H2. The fourth-order valence-corrected chi connectivity index (χ4v) is 3.50. The van der Waals surface area contributed by atoms with Crippen LogP contribution in [-0.2, 0) is 0 Å². The molecule has 0 unspecified atom stereocenters. The summed E-state index contributed by atoms with van der Waals surface area (Å²) in [7, 11) is 0. The first-order valence-corrected chi connectivity index (χ1v) is 8.74. The third-order valence-corrected chi connectivity index (χ3v) is 4.90. The summed E-state index contributed by atoms with van der Waals surface area (Å²) in [5.74, 6) is -0.545. The van der Waals surface area contributed by atoms with Gasteiger partial charge in [0.2, 0.25) is 11.6 Å². The fourth-order valence-electron chi connectivity index (χ4n) is 3.50. The number of nitrogens with zero attached hydrogens (tertiary/aromatic N) is 3. The number of hydrogen-bond acceptors (Lipinski definition) is 5. The predicted octanol–water partition coefficient (Wildman–Crippen LogP) is 3.29. The fraction of sp³-hybridized carbons (Fsp3) is 0. The summed E-state index contributed by atoms with van der Waals surface area (Å²) < 4.78 is 1.42. The van der Waals surface area contributed by atoms with Crippen molar-refractivity contribution < 1.29 is 9.59 Å². The number of anilines is 1. The SMILES string of the molecule is Nc1ccccc1-c1ccc(-n2nnc3c2C(=O)c2ccccc2C3=O)cc1. The van der Waals surface area contributed by atoms with Crippen LogP contribution in [0.5, 0.6) is 0 Å². The molecule has 0 saturated carbocycles. The van der Waals surface area contributed by atoms with Gasteiger partial charge in [0.1, 0.15) is 5.69 Å². The molecule has 3 aromatic carbocycles. The van der Waals surface area contributed by atoms with E-state index in [0.29, 0.717) is 22.5 Å². The Morgan fingerprint density at radius 3 is 2.00 bits per heavy atom. The third kappa shape index (κ3) is 2.28. The zero-order valence-electron chi connectivity index (χ0n) is 14.7. The molecule has 0 aliphatic heterocycles. The summed E-state index contributed by atoms with van der Waals surface area (Å²) in [6.07, 6.45) is 0. The van der Waals surface area contributed by atoms with Gasteiger partial charge < -0.3 is 5.73 Å². The Hall–Kier alpha value is -4.06. The van der Waals surface area contributed by atoms with E-state index in [2.05, 4.69) is 10.3 Å². The third-order valence-electron chi connectivity index (χ3n) is 4.90. The first-order valence-electron chi connectivity index (χ1n) is 8.74. The maximum atomic E-state index is 13.0. The molecule has 4 aromatic rings. The van der Waals surface area contributed by atoms with E-state index >= 15 is 0 Å². The minimum Gasteiger partial charge on any atom is -0.398 e. The molecule has 0 radical (unpaired) electrons. The minimum atomic E-state index is -0.287. The van der Waals surface area contributed by atoms with E-state index in [0.717, 1.165) is 11.1 Å². The Kier molecular flexibility index (Phi) is 3.45. The van der Waals surface area contributed by atoms with Crippen molar-refractivity contribution in [3.05, 3.63) is 95.3 Å². The molecule has 6 heteroatoms. The number of para-hydroxylation sites is 1. The average Bonchev–Trinajstić information content (AvgIpc) is 3.18. The van der Waals surface area contributed by atoms with Gasteiger partial charge in [-0.05, 0) is 23.8 Å². The molecule has 0 amide bonds. The van der Waals surface area contributed by atoms with Gasteiger partial charge in [0.15, 0.2) is 5.69 Å². The number of aromatic nitrogens is 3. The van der Waals surface area contributed by atoms with E-state index in [1.807, 2.05) is 48.5 Å². The van der Waals surface area contributed by atoms with Gasteiger partial charge in [-0.3, -0.25) is 9.59 Å². The van der Waals surface area contributed by atoms with E-state index in [1.165, 1.54) is 4.68 Å². The number of nitrogens with two attached hydrogens (primary N) is 1. The molecular formula is C22H14N4O2. The Morgan fingerprint density at radius 1 is 0.714 bits per heavy atom. The van der Waals surface area contributed by atoms with Crippen LogP contribution >= 0.6 is 0 Å². The molecule has 0 bridgehead atoms. The van der Waals surface area contributed by atoms with E-state index < -0.39 is 0 Å². The monoisotopic (exact) mass is 366 g/mol. The second-order valence-electron chi connectivity index (χ2n) is 6.54. The van der Waals surface area contributed by atoms with Crippen molar-refractivity contribution in [2.75, 3.05) is 5.73 Å². The van der Waals surface area contributed by atoms with E-state index in [1.54, 1.807) is 24.3 Å². The predicted molar refractivity (Wildman–Crippen MR) is 105 cm³/mol. The lowest BCUT2D eigenvalue weighted by Crippen LogP contribution is -2.22. The van der Waals surface area contributed by atoms with E-state index in [4.69, 9.17) is 5.73 Å². The van der Waals surface area contributed by atoms with Gasteiger partial charge in [0.05, 0.1) is 5.69 Å². The van der Waals surface area contributed by atoms with Crippen LogP contribution in [0.2, 0.25) is 0 Å². The molecule has 1 aliphatic carbocycles. The van der Waals surface area contributed by atoms with Crippen molar-refractivity contribution in [2.45, 2.75) is 0 Å². The molecule has 0 fully saturated rings. The Morgan fingerprint density at radius 2 is 1.32 bits per heavy atom. The first-order chi connectivity index (χ1) is 13.6. The van der Waals surface area contributed by atoms with Crippen LogP contribution in [0.1, 0.15) is 32.1 Å². The van der Waals surface area contributed by atoms with Crippen molar-refractivity contribution in [1.29, 1.82) is 0 Å². The van der Waals surface area contributed by atoms with Gasteiger partial charge in [-0.1, -0.05) is 59.8 Å². The molecule has 0 saturated heterocycles. The van der Waals surface area contributed by atoms with Crippen molar-refractivity contribution in [1.82, 2.24) is 15.0 Å². The van der Waals surface area contributed by atoms with Gasteiger partial charge in [-0.15, -0.1) is 5.10 Å². The molecule has 0 atom stereocenters. The van der Waals surface area contributed by atoms with Gasteiger partial charge in [-0.2, -0.15) is 0 Å². The highest BCUT2D eigenvalue weighted by Crippen LogP contribution is 2.29. The summed E-state index contributed by atoms with van der Waals surface area (Å²) >= 11 is 0. The van der Waals surface area contributed by atoms with Crippen LogP contribution in [0, 0.1) is 0 Å². The molecular weight excluding hydrogens is 352 g/mol. The normalized spacial score (nSPS) is 12.6. The molecule has 1 aromatic heterocycles. The van der Waals surface area contributed by atoms with Crippen LogP contribution in [0.25, 0.3) is 16.8 Å². The van der Waals surface area contributed by atoms with Crippen LogP contribution in [-0.4, -0.2) is 26.6 Å². The highest BCUT2D eigenvalue weighted by atomic mass is 16.1. The van der Waals surface area contributed by atoms with Gasteiger partial charge in [-0.25, -0.2) is 4.68 Å². The lowest BCUT2D eigenvalue weighted by atomic mass is 9.90. The first kappa shape index (κ1) is 16.1.